The summed E-state index contributed by atoms with van der Waals surface area (Å²) >= 11 is 0. The van der Waals surface area contributed by atoms with E-state index in [2.05, 4.69) is 14.7 Å². The lowest BCUT2D eigenvalue weighted by molar-refractivity contribution is 0.135. The van der Waals surface area contributed by atoms with Crippen LogP contribution in [0.15, 0.2) is 0 Å². The van der Waals surface area contributed by atoms with Gasteiger partial charge in [0.05, 0.1) is 0 Å². The van der Waals surface area contributed by atoms with Crippen LogP contribution in [0.3, 0.4) is 0 Å². The Morgan fingerprint density at radius 2 is 1.55 bits per heavy atom. The number of rotatable bonds is 1. The molecule has 0 aliphatic carbocycles. The maximum absolute atomic E-state index is 12.5. The van der Waals surface area contributed by atoms with E-state index in [1.54, 1.807) is 0 Å². The van der Waals surface area contributed by atoms with E-state index in [-0.39, 0.29) is 6.03 Å². The first kappa shape index (κ1) is 14.1. The molecule has 3 heterocycles. The second kappa shape index (κ2) is 6.31. The Labute approximate surface area is 122 Å². The van der Waals surface area contributed by atoms with E-state index in [0.717, 1.165) is 58.5 Å². The molecule has 5 heteroatoms. The van der Waals surface area contributed by atoms with Crippen LogP contribution in [-0.4, -0.2) is 72.1 Å². The lowest BCUT2D eigenvalue weighted by atomic mass is 10.0. The smallest absolute Gasteiger partial charge is 0.320 e. The minimum Gasteiger partial charge on any atom is -0.328 e. The van der Waals surface area contributed by atoms with Crippen LogP contribution in [0.25, 0.3) is 0 Å². The topological polar surface area (TPSA) is 52.8 Å². The summed E-state index contributed by atoms with van der Waals surface area (Å²) in [6.07, 6.45) is 6.97. The SMILES string of the molecule is NC1CCN(C2CCN(C(=O)N3CCCCC3)C2)CC1. The number of nitrogens with two attached hydrogens (primary N) is 1. The number of hydrogen-bond donors (Lipinski definition) is 1. The van der Waals surface area contributed by atoms with Crippen LogP contribution in [0.2, 0.25) is 0 Å². The number of nitrogens with zero attached hydrogens (tertiary/aromatic N) is 3. The largest absolute Gasteiger partial charge is 0.328 e. The third-order valence-corrected chi connectivity index (χ3v) is 5.15. The Kier molecular flexibility index (Phi) is 4.46. The van der Waals surface area contributed by atoms with Crippen molar-refractivity contribution < 1.29 is 4.79 Å². The highest BCUT2D eigenvalue weighted by atomic mass is 16.2. The van der Waals surface area contributed by atoms with Gasteiger partial charge in [-0.3, -0.25) is 4.90 Å². The van der Waals surface area contributed by atoms with Crippen LogP contribution >= 0.6 is 0 Å². The van der Waals surface area contributed by atoms with E-state index < -0.39 is 0 Å². The van der Waals surface area contributed by atoms with E-state index in [9.17, 15) is 4.79 Å². The van der Waals surface area contributed by atoms with Crippen molar-refractivity contribution in [2.45, 2.75) is 50.6 Å². The molecule has 0 aromatic heterocycles. The average Bonchev–Trinajstić information content (AvgIpc) is 2.98. The van der Waals surface area contributed by atoms with E-state index in [1.807, 2.05) is 0 Å². The molecule has 1 unspecified atom stereocenters. The van der Waals surface area contributed by atoms with Crippen molar-refractivity contribution in [2.75, 3.05) is 39.3 Å². The first-order chi connectivity index (χ1) is 9.74. The molecule has 0 spiro atoms. The minimum absolute atomic E-state index is 0.279. The van der Waals surface area contributed by atoms with Crippen LogP contribution in [0.1, 0.15) is 38.5 Å². The Hall–Kier alpha value is -0.810. The Balaban J connectivity index is 1.50. The minimum atomic E-state index is 0.279. The summed E-state index contributed by atoms with van der Waals surface area (Å²) in [5.41, 5.74) is 5.97. The van der Waals surface area contributed by atoms with E-state index in [0.29, 0.717) is 12.1 Å². The normalized spacial score (nSPS) is 29.9. The molecule has 20 heavy (non-hydrogen) atoms. The second-order valence-electron chi connectivity index (χ2n) is 6.59. The molecule has 3 rings (SSSR count). The number of piperidine rings is 2. The highest BCUT2D eigenvalue weighted by Gasteiger charge is 2.33. The Morgan fingerprint density at radius 1 is 0.850 bits per heavy atom. The summed E-state index contributed by atoms with van der Waals surface area (Å²) in [5, 5.41) is 0. The lowest BCUT2D eigenvalue weighted by Crippen LogP contribution is -2.48. The molecule has 0 aromatic carbocycles. The number of carbonyl (C=O) groups is 1. The van der Waals surface area contributed by atoms with Gasteiger partial charge < -0.3 is 15.5 Å². The molecule has 5 nitrogen and oxygen atoms in total. The van der Waals surface area contributed by atoms with Gasteiger partial charge in [-0.05, 0) is 51.6 Å². The lowest BCUT2D eigenvalue weighted by Gasteiger charge is -2.35. The third-order valence-electron chi connectivity index (χ3n) is 5.15. The summed E-state index contributed by atoms with van der Waals surface area (Å²) in [6.45, 7) is 5.99. The monoisotopic (exact) mass is 280 g/mol. The highest BCUT2D eigenvalue weighted by molar-refractivity contribution is 5.75. The molecule has 0 radical (unpaired) electrons. The van der Waals surface area contributed by atoms with Crippen molar-refractivity contribution in [2.24, 2.45) is 5.73 Å². The molecule has 3 saturated heterocycles. The van der Waals surface area contributed by atoms with Crippen LogP contribution in [-0.2, 0) is 0 Å². The van der Waals surface area contributed by atoms with Gasteiger partial charge in [-0.15, -0.1) is 0 Å². The van der Waals surface area contributed by atoms with Crippen LogP contribution in [0, 0.1) is 0 Å². The van der Waals surface area contributed by atoms with Gasteiger partial charge in [-0.2, -0.15) is 0 Å². The van der Waals surface area contributed by atoms with Crippen molar-refractivity contribution in [1.29, 1.82) is 0 Å². The molecule has 3 aliphatic rings. The van der Waals surface area contributed by atoms with E-state index in [4.69, 9.17) is 5.73 Å². The highest BCUT2D eigenvalue weighted by Crippen LogP contribution is 2.22. The number of carbonyl (C=O) groups excluding carboxylic acids is 1. The van der Waals surface area contributed by atoms with Gasteiger partial charge in [-0.25, -0.2) is 4.79 Å². The maximum Gasteiger partial charge on any atom is 0.320 e. The maximum atomic E-state index is 12.5. The average molecular weight is 280 g/mol. The molecule has 2 N–H and O–H groups in total. The fourth-order valence-electron chi connectivity index (χ4n) is 3.78. The third kappa shape index (κ3) is 3.09. The molecule has 0 bridgehead atoms. The molecular weight excluding hydrogens is 252 g/mol. The first-order valence-corrected chi connectivity index (χ1v) is 8.27. The van der Waals surface area contributed by atoms with Crippen molar-refractivity contribution in [1.82, 2.24) is 14.7 Å². The summed E-state index contributed by atoms with van der Waals surface area (Å²) in [6, 6.07) is 1.23. The molecule has 3 aliphatic heterocycles. The van der Waals surface area contributed by atoms with Gasteiger partial charge in [-0.1, -0.05) is 0 Å². The molecule has 0 saturated carbocycles. The molecular formula is C15H28N4O. The summed E-state index contributed by atoms with van der Waals surface area (Å²) in [7, 11) is 0. The summed E-state index contributed by atoms with van der Waals surface area (Å²) in [4.78, 5) is 19.2. The van der Waals surface area contributed by atoms with Gasteiger partial charge in [0.25, 0.3) is 0 Å². The fraction of sp³-hybridized carbons (Fsp3) is 0.933. The Bertz CT molecular complexity index is 335. The second-order valence-corrected chi connectivity index (χ2v) is 6.59. The number of likely N-dealkylation sites (tertiary alicyclic amines) is 3. The van der Waals surface area contributed by atoms with E-state index in [1.165, 1.54) is 19.3 Å². The number of urea groups is 1. The number of amides is 2. The molecule has 1 atom stereocenters. The Morgan fingerprint density at radius 3 is 2.25 bits per heavy atom. The van der Waals surface area contributed by atoms with Crippen molar-refractivity contribution in [3.8, 4) is 0 Å². The van der Waals surface area contributed by atoms with E-state index >= 15 is 0 Å². The van der Waals surface area contributed by atoms with Crippen molar-refractivity contribution >= 4 is 6.03 Å². The molecule has 3 fully saturated rings. The molecule has 2 amide bonds. The van der Waals surface area contributed by atoms with Gasteiger partial charge in [0, 0.05) is 38.3 Å². The first-order valence-electron chi connectivity index (χ1n) is 8.27. The quantitative estimate of drug-likeness (QED) is 0.782. The van der Waals surface area contributed by atoms with Gasteiger partial charge in [0.15, 0.2) is 0 Å². The van der Waals surface area contributed by atoms with Crippen LogP contribution in [0.4, 0.5) is 4.79 Å². The van der Waals surface area contributed by atoms with Gasteiger partial charge in [0.1, 0.15) is 0 Å². The molecule has 114 valence electrons. The van der Waals surface area contributed by atoms with Gasteiger partial charge in [0.2, 0.25) is 0 Å². The predicted octanol–water partition coefficient (Wildman–Crippen LogP) is 1.09. The standard InChI is InChI=1S/C15H28N4O/c16-13-4-9-17(10-5-13)14-6-11-19(12-14)15(20)18-7-2-1-3-8-18/h13-14H,1-12,16H2. The van der Waals surface area contributed by atoms with Crippen molar-refractivity contribution in [3.05, 3.63) is 0 Å². The van der Waals surface area contributed by atoms with Crippen LogP contribution < -0.4 is 5.73 Å². The summed E-state index contributed by atoms with van der Waals surface area (Å²) in [5.74, 6) is 0. The zero-order chi connectivity index (χ0) is 13.9. The van der Waals surface area contributed by atoms with Gasteiger partial charge >= 0.3 is 6.03 Å². The zero-order valence-corrected chi connectivity index (χ0v) is 12.5. The zero-order valence-electron chi connectivity index (χ0n) is 12.5. The van der Waals surface area contributed by atoms with Crippen molar-refractivity contribution in [3.63, 3.8) is 0 Å². The van der Waals surface area contributed by atoms with Crippen LogP contribution in [0.5, 0.6) is 0 Å². The number of hydrogen-bond acceptors (Lipinski definition) is 3. The molecule has 0 aromatic rings. The summed E-state index contributed by atoms with van der Waals surface area (Å²) < 4.78 is 0. The fourth-order valence-corrected chi connectivity index (χ4v) is 3.78. The predicted molar refractivity (Wildman–Crippen MR) is 79.6 cm³/mol.